The SMILES string of the molecule is Cc1c(COc2cc(OCCOCCOCCN3CCNCC3)c(CN3CCC[C@H]3C)cc2Cl)cccc1-c1ccc2c(c1)OCCO2. The summed E-state index contributed by atoms with van der Waals surface area (Å²) in [6.45, 7) is 15.8. The van der Waals surface area contributed by atoms with E-state index >= 15 is 0 Å². The fraction of sp³-hybridized carbons (Fsp3) is 0.526. The molecule has 0 aromatic heterocycles. The first kappa shape index (κ1) is 34.8. The number of nitrogens with one attached hydrogen (secondary N) is 1. The summed E-state index contributed by atoms with van der Waals surface area (Å²) in [7, 11) is 0. The molecule has 3 aromatic carbocycles. The molecule has 0 unspecified atom stereocenters. The van der Waals surface area contributed by atoms with Gasteiger partial charge in [0.2, 0.25) is 0 Å². The van der Waals surface area contributed by atoms with E-state index in [0.29, 0.717) is 63.1 Å². The first-order chi connectivity index (χ1) is 23.5. The van der Waals surface area contributed by atoms with E-state index in [0.717, 1.165) is 97.5 Å². The Morgan fingerprint density at radius 2 is 1.62 bits per heavy atom. The minimum absolute atomic E-state index is 0.379. The maximum absolute atomic E-state index is 6.85. The second kappa shape index (κ2) is 17.6. The van der Waals surface area contributed by atoms with Crippen molar-refractivity contribution >= 4 is 11.6 Å². The Labute approximate surface area is 290 Å². The van der Waals surface area contributed by atoms with Crippen LogP contribution >= 0.6 is 11.6 Å². The Morgan fingerprint density at radius 3 is 2.44 bits per heavy atom. The van der Waals surface area contributed by atoms with Crippen molar-refractivity contribution in [3.05, 3.63) is 70.2 Å². The van der Waals surface area contributed by atoms with E-state index < -0.39 is 0 Å². The van der Waals surface area contributed by atoms with Crippen molar-refractivity contribution in [2.75, 3.05) is 85.5 Å². The third-order valence-electron chi connectivity index (χ3n) is 9.48. The molecule has 10 heteroatoms. The van der Waals surface area contributed by atoms with Crippen molar-refractivity contribution in [2.45, 2.75) is 45.9 Å². The number of likely N-dealkylation sites (tertiary alicyclic amines) is 1. The fourth-order valence-electron chi connectivity index (χ4n) is 6.57. The quantitative estimate of drug-likeness (QED) is 0.185. The van der Waals surface area contributed by atoms with E-state index in [1.54, 1.807) is 0 Å². The van der Waals surface area contributed by atoms with Gasteiger partial charge < -0.3 is 33.7 Å². The average Bonchev–Trinajstić information content (AvgIpc) is 3.52. The number of fused-ring (bicyclic) bond motifs is 1. The summed E-state index contributed by atoms with van der Waals surface area (Å²) in [4.78, 5) is 4.91. The first-order valence-corrected chi connectivity index (χ1v) is 17.8. The maximum atomic E-state index is 6.85. The molecule has 2 fully saturated rings. The van der Waals surface area contributed by atoms with Gasteiger partial charge in [-0.1, -0.05) is 35.9 Å². The van der Waals surface area contributed by atoms with Crippen LogP contribution in [0.5, 0.6) is 23.0 Å². The topological polar surface area (TPSA) is 73.9 Å². The van der Waals surface area contributed by atoms with Gasteiger partial charge >= 0.3 is 0 Å². The van der Waals surface area contributed by atoms with Crippen LogP contribution in [0.3, 0.4) is 0 Å². The van der Waals surface area contributed by atoms with Crippen LogP contribution in [0, 0.1) is 6.92 Å². The smallest absolute Gasteiger partial charge is 0.161 e. The zero-order valence-electron chi connectivity index (χ0n) is 28.4. The number of ether oxygens (including phenoxy) is 6. The van der Waals surface area contributed by atoms with E-state index in [-0.39, 0.29) is 0 Å². The molecular formula is C38H50ClN3O6. The molecule has 9 nitrogen and oxygen atoms in total. The summed E-state index contributed by atoms with van der Waals surface area (Å²) >= 11 is 6.85. The zero-order chi connectivity index (χ0) is 33.1. The van der Waals surface area contributed by atoms with Crippen LogP contribution in [-0.4, -0.2) is 101 Å². The summed E-state index contributed by atoms with van der Waals surface area (Å²) in [6, 6.07) is 16.9. The van der Waals surface area contributed by atoms with E-state index in [1.165, 1.54) is 12.8 Å². The van der Waals surface area contributed by atoms with Crippen LogP contribution in [0.25, 0.3) is 11.1 Å². The average molecular weight is 680 g/mol. The van der Waals surface area contributed by atoms with Crippen LogP contribution < -0.4 is 24.3 Å². The lowest BCUT2D eigenvalue weighted by Gasteiger charge is -2.26. The Bertz CT molecular complexity index is 1480. The van der Waals surface area contributed by atoms with Crippen LogP contribution in [0.4, 0.5) is 0 Å². The first-order valence-electron chi connectivity index (χ1n) is 17.4. The molecule has 1 atom stereocenters. The lowest BCUT2D eigenvalue weighted by atomic mass is 9.96. The Balaban J connectivity index is 1.05. The number of halogens is 1. The molecule has 3 aliphatic rings. The molecule has 6 rings (SSSR count). The summed E-state index contributed by atoms with van der Waals surface area (Å²) < 4.78 is 35.8. The molecule has 3 aliphatic heterocycles. The van der Waals surface area contributed by atoms with Crippen LogP contribution in [0.1, 0.15) is 36.5 Å². The van der Waals surface area contributed by atoms with Gasteiger partial charge in [0, 0.05) is 56.9 Å². The lowest BCUT2D eigenvalue weighted by Crippen LogP contribution is -2.44. The number of hydrogen-bond donors (Lipinski definition) is 1. The molecule has 48 heavy (non-hydrogen) atoms. The largest absolute Gasteiger partial charge is 0.491 e. The highest BCUT2D eigenvalue weighted by molar-refractivity contribution is 6.32. The van der Waals surface area contributed by atoms with Gasteiger partial charge in [-0.25, -0.2) is 0 Å². The highest BCUT2D eigenvalue weighted by atomic mass is 35.5. The monoisotopic (exact) mass is 679 g/mol. The van der Waals surface area contributed by atoms with Gasteiger partial charge in [-0.05, 0) is 73.7 Å². The summed E-state index contributed by atoms with van der Waals surface area (Å²) in [5, 5.41) is 3.96. The minimum atomic E-state index is 0.379. The van der Waals surface area contributed by atoms with Gasteiger partial charge in [-0.15, -0.1) is 0 Å². The van der Waals surface area contributed by atoms with Crippen molar-refractivity contribution in [3.63, 3.8) is 0 Å². The lowest BCUT2D eigenvalue weighted by molar-refractivity contribution is 0.0282. The van der Waals surface area contributed by atoms with E-state index in [4.69, 9.17) is 40.0 Å². The van der Waals surface area contributed by atoms with Crippen molar-refractivity contribution in [1.29, 1.82) is 0 Å². The zero-order valence-corrected chi connectivity index (χ0v) is 29.2. The number of nitrogens with zero attached hydrogens (tertiary/aromatic N) is 2. The Morgan fingerprint density at radius 1 is 0.833 bits per heavy atom. The highest BCUT2D eigenvalue weighted by Gasteiger charge is 2.23. The molecular weight excluding hydrogens is 630 g/mol. The van der Waals surface area contributed by atoms with Gasteiger partial charge in [0.15, 0.2) is 11.5 Å². The summed E-state index contributed by atoms with van der Waals surface area (Å²) in [5.41, 5.74) is 5.50. The Hall–Kier alpha value is -3.05. The van der Waals surface area contributed by atoms with Gasteiger partial charge in [0.25, 0.3) is 0 Å². The Kier molecular flexibility index (Phi) is 12.7. The van der Waals surface area contributed by atoms with Gasteiger partial charge in [-0.3, -0.25) is 9.80 Å². The molecule has 3 aromatic rings. The third kappa shape index (κ3) is 9.34. The van der Waals surface area contributed by atoms with Crippen molar-refractivity contribution in [3.8, 4) is 34.1 Å². The standard InChI is InChI=1S/C38H50ClN3O6/c1-28-5-4-12-42(28)26-32-23-34(39)37(25-36(32)46-20-19-44-18-17-43-16-15-41-13-10-40-11-14-41)48-27-31-6-3-7-33(29(31)2)30-8-9-35-38(24-30)47-22-21-45-35/h3,6-9,23-25,28,40H,4-5,10-22,26-27H2,1-2H3/t28-/m1/s1. The van der Waals surface area contributed by atoms with Gasteiger partial charge in [-0.2, -0.15) is 0 Å². The number of rotatable bonds is 16. The third-order valence-corrected chi connectivity index (χ3v) is 9.78. The molecule has 0 amide bonds. The van der Waals surface area contributed by atoms with E-state index in [1.807, 2.05) is 24.3 Å². The van der Waals surface area contributed by atoms with Crippen molar-refractivity contribution in [2.24, 2.45) is 0 Å². The highest BCUT2D eigenvalue weighted by Crippen LogP contribution is 2.38. The fourth-order valence-corrected chi connectivity index (χ4v) is 6.81. The van der Waals surface area contributed by atoms with E-state index in [9.17, 15) is 0 Å². The number of hydrogen-bond acceptors (Lipinski definition) is 9. The van der Waals surface area contributed by atoms with Gasteiger partial charge in [0.05, 0.1) is 31.5 Å². The molecule has 0 radical (unpaired) electrons. The van der Waals surface area contributed by atoms with Crippen LogP contribution in [-0.2, 0) is 22.6 Å². The summed E-state index contributed by atoms with van der Waals surface area (Å²) in [6.07, 6.45) is 2.42. The second-order valence-corrected chi connectivity index (χ2v) is 13.2. The molecule has 0 spiro atoms. The van der Waals surface area contributed by atoms with E-state index in [2.05, 4.69) is 53.2 Å². The molecule has 1 N–H and O–H groups in total. The predicted octanol–water partition coefficient (Wildman–Crippen LogP) is 5.97. The van der Waals surface area contributed by atoms with Crippen molar-refractivity contribution in [1.82, 2.24) is 15.1 Å². The number of piperazine rings is 1. The molecule has 3 heterocycles. The van der Waals surface area contributed by atoms with Crippen molar-refractivity contribution < 1.29 is 28.4 Å². The molecule has 0 saturated carbocycles. The molecule has 2 saturated heterocycles. The minimum Gasteiger partial charge on any atom is -0.491 e. The van der Waals surface area contributed by atoms with Crippen LogP contribution in [0.2, 0.25) is 5.02 Å². The van der Waals surface area contributed by atoms with Gasteiger partial charge in [0.1, 0.15) is 37.9 Å². The normalized spacial score (nSPS) is 18.3. The predicted molar refractivity (Wildman–Crippen MR) is 189 cm³/mol. The van der Waals surface area contributed by atoms with Crippen LogP contribution in [0.15, 0.2) is 48.5 Å². The second-order valence-electron chi connectivity index (χ2n) is 12.8. The summed E-state index contributed by atoms with van der Waals surface area (Å²) in [5.74, 6) is 2.96. The molecule has 260 valence electrons. The number of benzene rings is 3. The molecule has 0 bridgehead atoms. The maximum Gasteiger partial charge on any atom is 0.161 e. The molecule has 0 aliphatic carbocycles.